The third-order valence-electron chi connectivity index (χ3n) is 7.63. The van der Waals surface area contributed by atoms with Gasteiger partial charge in [0.25, 0.3) is 0 Å². The number of hydrogen-bond donors (Lipinski definition) is 0. The molecule has 2 heteroatoms. The first-order valence-electron chi connectivity index (χ1n) is 13.6. The molecule has 0 aliphatic heterocycles. The molecule has 0 spiro atoms. The molecule has 0 unspecified atom stereocenters. The third kappa shape index (κ3) is 5.45. The Labute approximate surface area is 232 Å². The van der Waals surface area contributed by atoms with Crippen LogP contribution >= 0.6 is 0 Å². The van der Waals surface area contributed by atoms with Gasteiger partial charge in [-0.2, -0.15) is 5.26 Å². The number of allylic oxidation sites excluding steroid dienone is 17. The van der Waals surface area contributed by atoms with Gasteiger partial charge in [-0.15, -0.1) is 0 Å². The maximum absolute atomic E-state index is 8.92. The number of fused-ring (bicyclic) bond motifs is 2. The maximum atomic E-state index is 8.92. The van der Waals surface area contributed by atoms with E-state index in [4.69, 9.17) is 9.68 Å². The average molecular weight is 510 g/mol. The SMILES string of the molecule is CC(C)=C/C=C/C1=CC=C(C2=CC3=C(C=CC2)c2ccc(-c4ccc(/C=C/C=C(/C)C#N)o4)cc2C3(C)C)C1. The number of benzene rings is 1. The van der Waals surface area contributed by atoms with E-state index in [1.54, 1.807) is 13.0 Å². The van der Waals surface area contributed by atoms with Gasteiger partial charge in [-0.05, 0) is 103 Å². The van der Waals surface area contributed by atoms with Gasteiger partial charge in [0.2, 0.25) is 0 Å². The highest BCUT2D eigenvalue weighted by atomic mass is 16.3. The molecule has 1 aromatic heterocycles. The van der Waals surface area contributed by atoms with Crippen molar-refractivity contribution in [1.29, 1.82) is 5.26 Å². The lowest BCUT2D eigenvalue weighted by atomic mass is 9.79. The summed E-state index contributed by atoms with van der Waals surface area (Å²) in [6.45, 7) is 10.7. The van der Waals surface area contributed by atoms with Crippen LogP contribution in [-0.2, 0) is 5.41 Å². The van der Waals surface area contributed by atoms with Crippen molar-refractivity contribution in [3.8, 4) is 17.4 Å². The van der Waals surface area contributed by atoms with Crippen molar-refractivity contribution in [2.45, 2.75) is 52.9 Å². The van der Waals surface area contributed by atoms with Crippen LogP contribution in [0.1, 0.15) is 64.3 Å². The fraction of sp³-hybridized carbons (Fsp3) is 0.216. The van der Waals surface area contributed by atoms with Crippen molar-refractivity contribution in [2.24, 2.45) is 0 Å². The van der Waals surface area contributed by atoms with E-state index in [1.165, 1.54) is 44.6 Å². The van der Waals surface area contributed by atoms with Crippen molar-refractivity contribution >= 4 is 11.6 Å². The zero-order valence-electron chi connectivity index (χ0n) is 23.5. The molecular formula is C37H35NO. The molecule has 2 aromatic rings. The second-order valence-corrected chi connectivity index (χ2v) is 11.2. The van der Waals surface area contributed by atoms with Gasteiger partial charge in [-0.3, -0.25) is 0 Å². The Balaban J connectivity index is 1.40. The Morgan fingerprint density at radius 3 is 2.59 bits per heavy atom. The van der Waals surface area contributed by atoms with Gasteiger partial charge >= 0.3 is 0 Å². The van der Waals surface area contributed by atoms with Crippen LogP contribution in [0, 0.1) is 11.3 Å². The molecule has 39 heavy (non-hydrogen) atoms. The van der Waals surface area contributed by atoms with E-state index in [9.17, 15) is 0 Å². The minimum Gasteiger partial charge on any atom is -0.457 e. The first-order valence-corrected chi connectivity index (χ1v) is 13.6. The predicted octanol–water partition coefficient (Wildman–Crippen LogP) is 10.1. The second-order valence-electron chi connectivity index (χ2n) is 11.2. The van der Waals surface area contributed by atoms with Crippen LogP contribution in [0.4, 0.5) is 0 Å². The Bertz CT molecular complexity index is 1640. The smallest absolute Gasteiger partial charge is 0.134 e. The molecule has 5 rings (SSSR count). The van der Waals surface area contributed by atoms with Crippen molar-refractivity contribution in [2.75, 3.05) is 0 Å². The van der Waals surface area contributed by atoms with Crippen LogP contribution in [0.25, 0.3) is 23.0 Å². The summed E-state index contributed by atoms with van der Waals surface area (Å²) in [6, 6.07) is 12.8. The molecule has 3 aliphatic carbocycles. The fourth-order valence-corrected chi connectivity index (χ4v) is 5.44. The normalized spacial score (nSPS) is 18.1. The predicted molar refractivity (Wildman–Crippen MR) is 164 cm³/mol. The first-order chi connectivity index (χ1) is 18.8. The van der Waals surface area contributed by atoms with Crippen molar-refractivity contribution in [3.63, 3.8) is 0 Å². The Kier molecular flexibility index (Phi) is 7.27. The summed E-state index contributed by atoms with van der Waals surface area (Å²) >= 11 is 0. The highest BCUT2D eigenvalue weighted by Crippen LogP contribution is 2.50. The molecule has 0 radical (unpaired) electrons. The minimum atomic E-state index is -0.117. The van der Waals surface area contributed by atoms with E-state index in [1.807, 2.05) is 24.3 Å². The zero-order valence-corrected chi connectivity index (χ0v) is 23.5. The highest BCUT2D eigenvalue weighted by molar-refractivity contribution is 5.89. The van der Waals surface area contributed by atoms with E-state index in [-0.39, 0.29) is 5.41 Å². The van der Waals surface area contributed by atoms with Crippen LogP contribution in [0.2, 0.25) is 0 Å². The number of nitriles is 1. The quantitative estimate of drug-likeness (QED) is 0.287. The molecule has 0 N–H and O–H groups in total. The third-order valence-corrected chi connectivity index (χ3v) is 7.63. The summed E-state index contributed by atoms with van der Waals surface area (Å²) in [7, 11) is 0. The molecule has 0 bridgehead atoms. The summed E-state index contributed by atoms with van der Waals surface area (Å²) in [5.41, 5.74) is 12.4. The lowest BCUT2D eigenvalue weighted by Crippen LogP contribution is -2.16. The van der Waals surface area contributed by atoms with Gasteiger partial charge < -0.3 is 4.42 Å². The molecule has 2 nitrogen and oxygen atoms in total. The maximum Gasteiger partial charge on any atom is 0.134 e. The fourth-order valence-electron chi connectivity index (χ4n) is 5.44. The monoisotopic (exact) mass is 509 g/mol. The van der Waals surface area contributed by atoms with Crippen molar-refractivity contribution < 1.29 is 4.42 Å². The van der Waals surface area contributed by atoms with Crippen LogP contribution < -0.4 is 0 Å². The topological polar surface area (TPSA) is 36.9 Å². The lowest BCUT2D eigenvalue weighted by molar-refractivity contribution is 0.571. The number of nitrogens with zero attached hydrogens (tertiary/aromatic N) is 1. The van der Waals surface area contributed by atoms with E-state index in [0.717, 1.165) is 29.9 Å². The van der Waals surface area contributed by atoms with Crippen LogP contribution in [-0.4, -0.2) is 0 Å². The van der Waals surface area contributed by atoms with Crippen molar-refractivity contribution in [3.05, 3.63) is 141 Å². The van der Waals surface area contributed by atoms with Crippen LogP contribution in [0.15, 0.2) is 129 Å². The van der Waals surface area contributed by atoms with Crippen molar-refractivity contribution in [1.82, 2.24) is 0 Å². The molecular weight excluding hydrogens is 474 g/mol. The molecule has 0 saturated heterocycles. The van der Waals surface area contributed by atoms with Gasteiger partial charge in [0.1, 0.15) is 11.5 Å². The van der Waals surface area contributed by atoms with Crippen LogP contribution in [0.5, 0.6) is 0 Å². The van der Waals surface area contributed by atoms with E-state index in [0.29, 0.717) is 5.57 Å². The molecule has 194 valence electrons. The highest BCUT2D eigenvalue weighted by Gasteiger charge is 2.37. The summed E-state index contributed by atoms with van der Waals surface area (Å²) in [6.07, 6.45) is 25.6. The molecule has 1 aromatic carbocycles. The standard InChI is InChI=1S/C37H35NO/c1-25(2)9-6-11-27-15-16-29(21-27)28-12-8-14-32-33-19-17-30(23-35(33)37(4,5)34(32)22-28)36-20-18-31(39-36)13-7-10-26(3)24-38/h6-11,13-20,22-23H,12,21H2,1-5H3/b11-6+,13-7+,26-10-. The Hall–Kier alpha value is -4.35. The zero-order chi connectivity index (χ0) is 27.6. The number of rotatable bonds is 6. The second kappa shape index (κ2) is 10.8. The molecule has 1 heterocycles. The molecule has 0 amide bonds. The van der Waals surface area contributed by atoms with Gasteiger partial charge in [0, 0.05) is 16.6 Å². The summed E-state index contributed by atoms with van der Waals surface area (Å²) in [5, 5.41) is 8.92. The van der Waals surface area contributed by atoms with Gasteiger partial charge in [0.05, 0.1) is 6.07 Å². The molecule has 0 fully saturated rings. The number of furan rings is 1. The summed E-state index contributed by atoms with van der Waals surface area (Å²) < 4.78 is 6.13. The lowest BCUT2D eigenvalue weighted by Gasteiger charge is -2.24. The molecule has 0 saturated carbocycles. The van der Waals surface area contributed by atoms with Gasteiger partial charge in [-0.25, -0.2) is 0 Å². The van der Waals surface area contributed by atoms with E-state index < -0.39 is 0 Å². The van der Waals surface area contributed by atoms with E-state index >= 15 is 0 Å². The molecule has 0 atom stereocenters. The molecule has 3 aliphatic rings. The summed E-state index contributed by atoms with van der Waals surface area (Å²) in [4.78, 5) is 0. The van der Waals surface area contributed by atoms with Gasteiger partial charge in [0.15, 0.2) is 0 Å². The largest absolute Gasteiger partial charge is 0.457 e. The Morgan fingerprint density at radius 1 is 0.974 bits per heavy atom. The first kappa shape index (κ1) is 26.3. The summed E-state index contributed by atoms with van der Waals surface area (Å²) in [5.74, 6) is 1.61. The average Bonchev–Trinajstić information content (AvgIpc) is 3.57. The van der Waals surface area contributed by atoms with Crippen LogP contribution in [0.3, 0.4) is 0 Å². The number of hydrogen-bond acceptors (Lipinski definition) is 2. The minimum absolute atomic E-state index is 0.117. The Morgan fingerprint density at radius 2 is 1.79 bits per heavy atom. The van der Waals surface area contributed by atoms with E-state index in [2.05, 4.69) is 101 Å². The van der Waals surface area contributed by atoms with Gasteiger partial charge in [-0.1, -0.05) is 86.2 Å².